The Morgan fingerprint density at radius 2 is 2.22 bits per heavy atom. The fourth-order valence-corrected chi connectivity index (χ4v) is 1.14. The maximum atomic E-state index is 8.92. The monoisotopic (exact) mass is 129 g/mol. The minimum atomic E-state index is 0.0278. The second-order valence-corrected chi connectivity index (χ2v) is 3.29. The molecule has 1 saturated carbocycles. The summed E-state index contributed by atoms with van der Waals surface area (Å²) in [5.74, 6) is 0.701. The molecule has 0 aromatic rings. The number of aliphatic hydroxyl groups excluding tert-OH is 1. The Labute approximate surface area is 56.1 Å². The Balaban J connectivity index is 2.43. The highest BCUT2D eigenvalue weighted by molar-refractivity contribution is 4.91. The highest BCUT2D eigenvalue weighted by atomic mass is 16.3. The summed E-state index contributed by atoms with van der Waals surface area (Å²) >= 11 is 0. The molecule has 0 radical (unpaired) electrons. The molecule has 1 unspecified atom stereocenters. The van der Waals surface area contributed by atoms with E-state index in [1.807, 2.05) is 0 Å². The molecule has 1 aliphatic rings. The van der Waals surface area contributed by atoms with Crippen LogP contribution in [-0.2, 0) is 0 Å². The average Bonchev–Trinajstić information content (AvgIpc) is 2.68. The topological polar surface area (TPSA) is 46.2 Å². The third-order valence-corrected chi connectivity index (χ3v) is 2.39. The van der Waals surface area contributed by atoms with E-state index >= 15 is 0 Å². The Kier molecular flexibility index (Phi) is 1.78. The van der Waals surface area contributed by atoms with Crippen LogP contribution >= 0.6 is 0 Å². The van der Waals surface area contributed by atoms with Crippen LogP contribution in [0.1, 0.15) is 19.8 Å². The van der Waals surface area contributed by atoms with Crippen molar-refractivity contribution in [2.45, 2.75) is 19.8 Å². The van der Waals surface area contributed by atoms with Crippen LogP contribution in [0.2, 0.25) is 0 Å². The molecule has 0 spiro atoms. The molecule has 0 aromatic carbocycles. The second kappa shape index (κ2) is 2.27. The van der Waals surface area contributed by atoms with Crippen LogP contribution in [0.5, 0.6) is 0 Å². The molecule has 0 bridgehead atoms. The van der Waals surface area contributed by atoms with Crippen molar-refractivity contribution >= 4 is 0 Å². The van der Waals surface area contributed by atoms with Crippen molar-refractivity contribution in [1.82, 2.24) is 0 Å². The minimum absolute atomic E-state index is 0.0278. The molecule has 1 atom stereocenters. The zero-order valence-corrected chi connectivity index (χ0v) is 5.93. The van der Waals surface area contributed by atoms with Gasteiger partial charge in [0.15, 0.2) is 0 Å². The highest BCUT2D eigenvalue weighted by Crippen LogP contribution is 2.44. The van der Waals surface area contributed by atoms with E-state index in [4.69, 9.17) is 10.8 Å². The molecular weight excluding hydrogens is 114 g/mol. The maximum absolute atomic E-state index is 8.92. The van der Waals surface area contributed by atoms with Crippen molar-refractivity contribution in [2.75, 3.05) is 13.2 Å². The van der Waals surface area contributed by atoms with Crippen molar-refractivity contribution in [3.63, 3.8) is 0 Å². The summed E-state index contributed by atoms with van der Waals surface area (Å²) in [6, 6.07) is 0. The van der Waals surface area contributed by atoms with E-state index in [0.29, 0.717) is 12.5 Å². The van der Waals surface area contributed by atoms with Gasteiger partial charge in [0, 0.05) is 18.6 Å². The molecule has 0 aliphatic heterocycles. The van der Waals surface area contributed by atoms with Gasteiger partial charge in [0.25, 0.3) is 0 Å². The summed E-state index contributed by atoms with van der Waals surface area (Å²) in [7, 11) is 0. The minimum Gasteiger partial charge on any atom is -0.396 e. The van der Waals surface area contributed by atoms with Crippen molar-refractivity contribution in [3.8, 4) is 0 Å². The van der Waals surface area contributed by atoms with E-state index < -0.39 is 0 Å². The highest BCUT2D eigenvalue weighted by Gasteiger charge is 2.39. The summed E-state index contributed by atoms with van der Waals surface area (Å²) in [5.41, 5.74) is 5.53. The summed E-state index contributed by atoms with van der Waals surface area (Å²) in [6.45, 7) is 2.92. The lowest BCUT2D eigenvalue weighted by Gasteiger charge is -2.24. The molecule has 1 fully saturated rings. The van der Waals surface area contributed by atoms with Gasteiger partial charge in [0.05, 0.1) is 0 Å². The lowest BCUT2D eigenvalue weighted by atomic mass is 9.86. The first kappa shape index (κ1) is 7.03. The smallest absolute Gasteiger partial charge is 0.0499 e. The fraction of sp³-hybridized carbons (Fsp3) is 1.00. The molecule has 1 aliphatic carbocycles. The van der Waals surface area contributed by atoms with Crippen LogP contribution in [0.4, 0.5) is 0 Å². The normalized spacial score (nSPS) is 25.7. The SMILES string of the molecule is CC(CN)(CO)C1CC1. The van der Waals surface area contributed by atoms with E-state index in [-0.39, 0.29) is 12.0 Å². The van der Waals surface area contributed by atoms with Crippen LogP contribution in [0.15, 0.2) is 0 Å². The summed E-state index contributed by atoms with van der Waals surface area (Å²) < 4.78 is 0. The number of hydrogen-bond acceptors (Lipinski definition) is 2. The van der Waals surface area contributed by atoms with Crippen LogP contribution in [-0.4, -0.2) is 18.3 Å². The molecular formula is C7H15NO. The van der Waals surface area contributed by atoms with Gasteiger partial charge in [-0.25, -0.2) is 0 Å². The average molecular weight is 129 g/mol. The molecule has 1 rings (SSSR count). The zero-order valence-electron chi connectivity index (χ0n) is 5.93. The van der Waals surface area contributed by atoms with E-state index in [0.717, 1.165) is 0 Å². The first-order chi connectivity index (χ1) is 4.23. The van der Waals surface area contributed by atoms with Gasteiger partial charge >= 0.3 is 0 Å². The van der Waals surface area contributed by atoms with Gasteiger partial charge in [0.1, 0.15) is 0 Å². The second-order valence-electron chi connectivity index (χ2n) is 3.29. The molecule has 2 heteroatoms. The predicted octanol–water partition coefficient (Wildman–Crippen LogP) is 0.354. The molecule has 3 N–H and O–H groups in total. The van der Waals surface area contributed by atoms with Crippen LogP contribution in [0.3, 0.4) is 0 Å². The summed E-state index contributed by atoms with van der Waals surface area (Å²) in [6.07, 6.45) is 2.52. The fourth-order valence-electron chi connectivity index (χ4n) is 1.14. The number of rotatable bonds is 3. The number of aliphatic hydroxyl groups is 1. The van der Waals surface area contributed by atoms with Crippen molar-refractivity contribution in [3.05, 3.63) is 0 Å². The van der Waals surface area contributed by atoms with Crippen molar-refractivity contribution in [1.29, 1.82) is 0 Å². The summed E-state index contributed by atoms with van der Waals surface area (Å²) in [5, 5.41) is 8.92. The Morgan fingerprint density at radius 3 is 2.33 bits per heavy atom. The predicted molar refractivity (Wildman–Crippen MR) is 37.0 cm³/mol. The van der Waals surface area contributed by atoms with E-state index in [9.17, 15) is 0 Å². The Bertz CT molecular complexity index is 95.1. The van der Waals surface area contributed by atoms with Gasteiger partial charge in [0.2, 0.25) is 0 Å². The molecule has 0 saturated heterocycles. The largest absolute Gasteiger partial charge is 0.396 e. The number of nitrogens with two attached hydrogens (primary N) is 1. The van der Waals surface area contributed by atoms with Gasteiger partial charge in [-0.15, -0.1) is 0 Å². The van der Waals surface area contributed by atoms with Crippen molar-refractivity contribution in [2.24, 2.45) is 17.1 Å². The van der Waals surface area contributed by atoms with Gasteiger partial charge in [-0.1, -0.05) is 6.92 Å². The summed E-state index contributed by atoms with van der Waals surface area (Å²) in [4.78, 5) is 0. The van der Waals surface area contributed by atoms with Gasteiger partial charge in [-0.05, 0) is 18.8 Å². The van der Waals surface area contributed by atoms with Crippen LogP contribution < -0.4 is 5.73 Å². The first-order valence-electron chi connectivity index (χ1n) is 3.54. The van der Waals surface area contributed by atoms with Gasteiger partial charge in [-0.3, -0.25) is 0 Å². The van der Waals surface area contributed by atoms with E-state index in [1.54, 1.807) is 0 Å². The molecule has 0 heterocycles. The van der Waals surface area contributed by atoms with Crippen molar-refractivity contribution < 1.29 is 5.11 Å². The lowest BCUT2D eigenvalue weighted by Crippen LogP contribution is -2.32. The third-order valence-electron chi connectivity index (χ3n) is 2.39. The number of hydrogen-bond donors (Lipinski definition) is 2. The van der Waals surface area contributed by atoms with Crippen LogP contribution in [0.25, 0.3) is 0 Å². The maximum Gasteiger partial charge on any atom is 0.0499 e. The van der Waals surface area contributed by atoms with E-state index in [1.165, 1.54) is 12.8 Å². The molecule has 9 heavy (non-hydrogen) atoms. The molecule has 2 nitrogen and oxygen atoms in total. The molecule has 54 valence electrons. The van der Waals surface area contributed by atoms with E-state index in [2.05, 4.69) is 6.92 Å². The quantitative estimate of drug-likeness (QED) is 0.577. The standard InChI is InChI=1S/C7H15NO/c1-7(4-8,5-9)6-2-3-6/h6,9H,2-5,8H2,1H3. The van der Waals surface area contributed by atoms with Gasteiger partial charge < -0.3 is 10.8 Å². The molecule has 0 aromatic heterocycles. The third kappa shape index (κ3) is 1.25. The lowest BCUT2D eigenvalue weighted by molar-refractivity contribution is 0.127. The van der Waals surface area contributed by atoms with Crippen LogP contribution in [0, 0.1) is 11.3 Å². The molecule has 0 amide bonds. The van der Waals surface area contributed by atoms with Gasteiger partial charge in [-0.2, -0.15) is 0 Å². The first-order valence-corrected chi connectivity index (χ1v) is 3.54. The Morgan fingerprint density at radius 1 is 1.67 bits per heavy atom. The Hall–Kier alpha value is -0.0800. The zero-order chi connectivity index (χ0) is 6.91.